The summed E-state index contributed by atoms with van der Waals surface area (Å²) in [6.45, 7) is 2.92. The number of nitrogens with zero attached hydrogens (tertiary/aromatic N) is 1. The van der Waals surface area contributed by atoms with Gasteiger partial charge in [-0.2, -0.15) is 0 Å². The third kappa shape index (κ3) is 4.31. The van der Waals surface area contributed by atoms with Crippen LogP contribution in [0.4, 0.5) is 0 Å². The van der Waals surface area contributed by atoms with Gasteiger partial charge in [0, 0.05) is 23.9 Å². The summed E-state index contributed by atoms with van der Waals surface area (Å²) in [4.78, 5) is 1.30. The molecule has 5 heteroatoms. The molecule has 0 aromatic carbocycles. The molecule has 0 saturated carbocycles. The summed E-state index contributed by atoms with van der Waals surface area (Å²) in [5.74, 6) is 0.278. The van der Waals surface area contributed by atoms with Crippen molar-refractivity contribution in [1.82, 2.24) is 5.32 Å². The molecule has 0 amide bonds. The highest BCUT2D eigenvalue weighted by molar-refractivity contribution is 7.09. The van der Waals surface area contributed by atoms with Crippen LogP contribution in [0, 0.1) is 0 Å². The fraction of sp³-hybridized carbons (Fsp3) is 0.500. The molecule has 0 bridgehead atoms. The SMILES string of the molecule is CCC(CC(N)=NO)NCc1cccs1. The number of hydrogen-bond donors (Lipinski definition) is 3. The van der Waals surface area contributed by atoms with Crippen molar-refractivity contribution in [2.45, 2.75) is 32.4 Å². The highest BCUT2D eigenvalue weighted by atomic mass is 32.1. The monoisotopic (exact) mass is 227 g/mol. The molecule has 1 atom stereocenters. The minimum atomic E-state index is 0.267. The fourth-order valence-corrected chi connectivity index (χ4v) is 1.97. The van der Waals surface area contributed by atoms with Gasteiger partial charge in [0.05, 0.1) is 0 Å². The summed E-state index contributed by atoms with van der Waals surface area (Å²) in [6.07, 6.45) is 1.54. The van der Waals surface area contributed by atoms with Gasteiger partial charge in [-0.1, -0.05) is 18.1 Å². The predicted molar refractivity (Wildman–Crippen MR) is 63.3 cm³/mol. The largest absolute Gasteiger partial charge is 0.409 e. The highest BCUT2D eigenvalue weighted by Crippen LogP contribution is 2.09. The van der Waals surface area contributed by atoms with Crippen LogP contribution in [0.15, 0.2) is 22.7 Å². The van der Waals surface area contributed by atoms with Crippen LogP contribution in [0.2, 0.25) is 0 Å². The summed E-state index contributed by atoms with van der Waals surface area (Å²) >= 11 is 1.73. The Bertz CT molecular complexity index is 298. The molecule has 1 heterocycles. The average Bonchev–Trinajstić information content (AvgIpc) is 2.76. The Kier molecular flexibility index (Phi) is 5.14. The number of amidine groups is 1. The quantitative estimate of drug-likeness (QED) is 0.300. The molecule has 0 spiro atoms. The second-order valence-electron chi connectivity index (χ2n) is 3.36. The van der Waals surface area contributed by atoms with E-state index in [0.717, 1.165) is 13.0 Å². The number of thiophene rings is 1. The van der Waals surface area contributed by atoms with Crippen LogP contribution in [-0.2, 0) is 6.54 Å². The topological polar surface area (TPSA) is 70.6 Å². The zero-order valence-electron chi connectivity index (χ0n) is 8.81. The molecule has 0 aliphatic carbocycles. The lowest BCUT2D eigenvalue weighted by molar-refractivity contribution is 0.315. The second-order valence-corrected chi connectivity index (χ2v) is 4.39. The van der Waals surface area contributed by atoms with E-state index in [2.05, 4.69) is 28.8 Å². The molecule has 84 valence electrons. The molecule has 1 aromatic heterocycles. The third-order valence-electron chi connectivity index (χ3n) is 2.22. The molecule has 15 heavy (non-hydrogen) atoms. The van der Waals surface area contributed by atoms with Gasteiger partial charge in [0.25, 0.3) is 0 Å². The lowest BCUT2D eigenvalue weighted by Gasteiger charge is -2.15. The highest BCUT2D eigenvalue weighted by Gasteiger charge is 2.08. The molecule has 0 fully saturated rings. The van der Waals surface area contributed by atoms with Crippen molar-refractivity contribution >= 4 is 17.2 Å². The van der Waals surface area contributed by atoms with E-state index in [1.807, 2.05) is 6.07 Å². The molecule has 0 radical (unpaired) electrons. The molecular weight excluding hydrogens is 210 g/mol. The number of rotatable bonds is 6. The first-order valence-electron chi connectivity index (χ1n) is 4.98. The molecule has 4 N–H and O–H groups in total. The van der Waals surface area contributed by atoms with E-state index in [4.69, 9.17) is 10.9 Å². The first-order valence-corrected chi connectivity index (χ1v) is 5.86. The smallest absolute Gasteiger partial charge is 0.140 e. The molecule has 1 aromatic rings. The van der Waals surface area contributed by atoms with E-state index in [1.165, 1.54) is 4.88 Å². The van der Waals surface area contributed by atoms with Gasteiger partial charge in [0.1, 0.15) is 5.84 Å². The summed E-state index contributed by atoms with van der Waals surface area (Å²) in [5.41, 5.74) is 5.46. The first kappa shape index (κ1) is 12.0. The Morgan fingerprint density at radius 3 is 3.07 bits per heavy atom. The number of nitrogens with one attached hydrogen (secondary N) is 1. The number of hydrogen-bond acceptors (Lipinski definition) is 4. The van der Waals surface area contributed by atoms with Crippen LogP contribution in [0.25, 0.3) is 0 Å². The molecule has 0 aliphatic rings. The lowest BCUT2D eigenvalue weighted by Crippen LogP contribution is -2.32. The maximum absolute atomic E-state index is 8.47. The van der Waals surface area contributed by atoms with Gasteiger partial charge in [-0.15, -0.1) is 11.3 Å². The molecule has 0 aliphatic heterocycles. The zero-order chi connectivity index (χ0) is 11.1. The Morgan fingerprint density at radius 1 is 1.73 bits per heavy atom. The summed E-state index contributed by atoms with van der Waals surface area (Å²) in [6, 6.07) is 4.39. The van der Waals surface area contributed by atoms with E-state index in [1.54, 1.807) is 11.3 Å². The summed E-state index contributed by atoms with van der Waals surface area (Å²) in [5, 5.41) is 16.9. The average molecular weight is 227 g/mol. The minimum absolute atomic E-state index is 0.267. The van der Waals surface area contributed by atoms with Gasteiger partial charge in [-0.25, -0.2) is 0 Å². The molecule has 1 rings (SSSR count). The van der Waals surface area contributed by atoms with Gasteiger partial charge < -0.3 is 16.3 Å². The fourth-order valence-electron chi connectivity index (χ4n) is 1.31. The second kappa shape index (κ2) is 6.42. The predicted octanol–water partition coefficient (Wildman–Crippen LogP) is 1.75. The molecule has 1 unspecified atom stereocenters. The van der Waals surface area contributed by atoms with E-state index in [9.17, 15) is 0 Å². The van der Waals surface area contributed by atoms with E-state index >= 15 is 0 Å². The molecular formula is C10H17N3OS. The van der Waals surface area contributed by atoms with Crippen LogP contribution < -0.4 is 11.1 Å². The van der Waals surface area contributed by atoms with Gasteiger partial charge in [-0.3, -0.25) is 0 Å². The van der Waals surface area contributed by atoms with Crippen molar-refractivity contribution in [3.8, 4) is 0 Å². The van der Waals surface area contributed by atoms with Crippen LogP contribution >= 0.6 is 11.3 Å². The maximum atomic E-state index is 8.47. The zero-order valence-corrected chi connectivity index (χ0v) is 9.63. The van der Waals surface area contributed by atoms with Crippen LogP contribution in [0.1, 0.15) is 24.6 Å². The van der Waals surface area contributed by atoms with Gasteiger partial charge in [-0.05, 0) is 17.9 Å². The summed E-state index contributed by atoms with van der Waals surface area (Å²) in [7, 11) is 0. The standard InChI is InChI=1S/C10H17N3OS/c1-2-8(6-10(11)13-14)12-7-9-4-3-5-15-9/h3-5,8,12,14H,2,6-7H2,1H3,(H2,11,13). The normalized spacial score (nSPS) is 14.1. The molecule has 0 saturated heterocycles. The van der Waals surface area contributed by atoms with Crippen molar-refractivity contribution in [1.29, 1.82) is 0 Å². The van der Waals surface area contributed by atoms with Crippen LogP contribution in [0.3, 0.4) is 0 Å². The minimum Gasteiger partial charge on any atom is -0.409 e. The molecule has 4 nitrogen and oxygen atoms in total. The third-order valence-corrected chi connectivity index (χ3v) is 3.10. The van der Waals surface area contributed by atoms with Crippen molar-refractivity contribution in [3.63, 3.8) is 0 Å². The van der Waals surface area contributed by atoms with Gasteiger partial charge in [0.2, 0.25) is 0 Å². The Hall–Kier alpha value is -1.07. The van der Waals surface area contributed by atoms with Gasteiger partial charge >= 0.3 is 0 Å². The number of oxime groups is 1. The first-order chi connectivity index (χ1) is 7.26. The Morgan fingerprint density at radius 2 is 2.53 bits per heavy atom. The van der Waals surface area contributed by atoms with Crippen molar-refractivity contribution in [2.24, 2.45) is 10.9 Å². The Balaban J connectivity index is 2.34. The maximum Gasteiger partial charge on any atom is 0.140 e. The van der Waals surface area contributed by atoms with Crippen LogP contribution in [0.5, 0.6) is 0 Å². The van der Waals surface area contributed by atoms with E-state index < -0.39 is 0 Å². The van der Waals surface area contributed by atoms with Crippen molar-refractivity contribution < 1.29 is 5.21 Å². The van der Waals surface area contributed by atoms with Crippen molar-refractivity contribution in [3.05, 3.63) is 22.4 Å². The van der Waals surface area contributed by atoms with Crippen LogP contribution in [-0.4, -0.2) is 17.1 Å². The lowest BCUT2D eigenvalue weighted by atomic mass is 10.1. The van der Waals surface area contributed by atoms with E-state index in [0.29, 0.717) is 6.42 Å². The van der Waals surface area contributed by atoms with Gasteiger partial charge in [0.15, 0.2) is 0 Å². The number of nitrogens with two attached hydrogens (primary N) is 1. The summed E-state index contributed by atoms with van der Waals surface area (Å²) < 4.78 is 0. The van der Waals surface area contributed by atoms with Crippen molar-refractivity contribution in [2.75, 3.05) is 0 Å². The van der Waals surface area contributed by atoms with E-state index in [-0.39, 0.29) is 11.9 Å². The Labute approximate surface area is 93.8 Å².